The average Bonchev–Trinajstić information content (AvgIpc) is 2.65. The third-order valence-corrected chi connectivity index (χ3v) is 4.33. The van der Waals surface area contributed by atoms with Gasteiger partial charge >= 0.3 is 0 Å². The molecule has 1 aromatic carbocycles. The van der Waals surface area contributed by atoms with Crippen LogP contribution in [0.1, 0.15) is 12.8 Å². The van der Waals surface area contributed by atoms with Crippen molar-refractivity contribution in [3.8, 4) is 5.75 Å². The minimum Gasteiger partial charge on any atom is -0.484 e. The van der Waals surface area contributed by atoms with Crippen LogP contribution in [0.2, 0.25) is 0 Å². The summed E-state index contributed by atoms with van der Waals surface area (Å²) in [6.07, 6.45) is 1.91. The summed E-state index contributed by atoms with van der Waals surface area (Å²) in [4.78, 5) is 23.7. The molecule has 2 amide bonds. The number of rotatable bonds is 9. The number of hydrogen-bond acceptors (Lipinski definition) is 5. The molecule has 0 aromatic heterocycles. The van der Waals surface area contributed by atoms with Crippen LogP contribution in [0.15, 0.2) is 30.3 Å². The zero-order valence-corrected chi connectivity index (χ0v) is 15.9. The van der Waals surface area contributed by atoms with Gasteiger partial charge in [-0.15, -0.1) is 12.4 Å². The second kappa shape index (κ2) is 11.7. The van der Waals surface area contributed by atoms with Gasteiger partial charge in [0.15, 0.2) is 6.61 Å². The van der Waals surface area contributed by atoms with Gasteiger partial charge in [-0.2, -0.15) is 0 Å². The Kier molecular flexibility index (Phi) is 10.0. The van der Waals surface area contributed by atoms with Crippen molar-refractivity contribution in [1.82, 2.24) is 16.0 Å². The van der Waals surface area contributed by atoms with Gasteiger partial charge in [0.05, 0.1) is 13.2 Å². The number of benzene rings is 1. The summed E-state index contributed by atoms with van der Waals surface area (Å²) in [5.74, 6) is 0.0871. The van der Waals surface area contributed by atoms with Gasteiger partial charge in [0.1, 0.15) is 5.75 Å². The van der Waals surface area contributed by atoms with Gasteiger partial charge in [0.2, 0.25) is 5.91 Å². The minimum atomic E-state index is -0.326. The Hall–Kier alpha value is -1.83. The smallest absolute Gasteiger partial charge is 0.258 e. The Labute approximate surface area is 160 Å². The molecule has 1 aliphatic rings. The average molecular weight is 386 g/mol. The van der Waals surface area contributed by atoms with Crippen LogP contribution in [0.25, 0.3) is 0 Å². The van der Waals surface area contributed by atoms with Crippen molar-refractivity contribution in [2.45, 2.75) is 12.8 Å². The van der Waals surface area contributed by atoms with Gasteiger partial charge in [-0.05, 0) is 38.1 Å². The molecule has 7 nitrogen and oxygen atoms in total. The molecular weight excluding hydrogens is 358 g/mol. The molecule has 0 aliphatic carbocycles. The van der Waals surface area contributed by atoms with Crippen molar-refractivity contribution in [2.24, 2.45) is 5.41 Å². The molecule has 0 unspecified atom stereocenters. The van der Waals surface area contributed by atoms with Gasteiger partial charge in [-0.3, -0.25) is 9.59 Å². The van der Waals surface area contributed by atoms with E-state index < -0.39 is 0 Å². The minimum absolute atomic E-state index is 0. The number of hydrogen-bond donors (Lipinski definition) is 3. The Morgan fingerprint density at radius 1 is 1.12 bits per heavy atom. The van der Waals surface area contributed by atoms with E-state index in [0.29, 0.717) is 18.9 Å². The zero-order valence-electron chi connectivity index (χ0n) is 15.1. The highest BCUT2D eigenvalue weighted by Gasteiger charge is 2.32. The molecule has 146 valence electrons. The third-order valence-electron chi connectivity index (χ3n) is 4.33. The summed E-state index contributed by atoms with van der Waals surface area (Å²) in [7, 11) is 1.68. The van der Waals surface area contributed by atoms with Crippen LogP contribution in [-0.4, -0.2) is 58.3 Å². The second-order valence-corrected chi connectivity index (χ2v) is 6.34. The molecule has 0 saturated carbocycles. The predicted molar refractivity (Wildman–Crippen MR) is 102 cm³/mol. The van der Waals surface area contributed by atoms with E-state index in [-0.39, 0.29) is 42.8 Å². The van der Waals surface area contributed by atoms with Crippen LogP contribution in [0.4, 0.5) is 0 Å². The Bertz CT molecular complexity index is 545. The number of methoxy groups -OCH3 is 1. The second-order valence-electron chi connectivity index (χ2n) is 6.34. The number of amides is 2. The number of carbonyl (C=O) groups excluding carboxylic acids is 2. The van der Waals surface area contributed by atoms with E-state index in [1.165, 1.54) is 0 Å². The summed E-state index contributed by atoms with van der Waals surface area (Å²) in [6, 6.07) is 9.08. The van der Waals surface area contributed by atoms with Crippen LogP contribution in [0.5, 0.6) is 5.75 Å². The lowest BCUT2D eigenvalue weighted by Crippen LogP contribution is -2.49. The third kappa shape index (κ3) is 7.59. The zero-order chi connectivity index (χ0) is 18.0. The highest BCUT2D eigenvalue weighted by molar-refractivity contribution is 5.85. The molecule has 0 atom stereocenters. The summed E-state index contributed by atoms with van der Waals surface area (Å²) in [5, 5.41) is 8.78. The molecule has 26 heavy (non-hydrogen) atoms. The summed E-state index contributed by atoms with van der Waals surface area (Å²) >= 11 is 0. The van der Waals surface area contributed by atoms with Crippen LogP contribution in [-0.2, 0) is 14.3 Å². The van der Waals surface area contributed by atoms with E-state index >= 15 is 0 Å². The van der Waals surface area contributed by atoms with E-state index in [9.17, 15) is 9.59 Å². The van der Waals surface area contributed by atoms with E-state index in [1.807, 2.05) is 18.2 Å². The molecule has 0 spiro atoms. The van der Waals surface area contributed by atoms with Crippen LogP contribution in [0, 0.1) is 5.41 Å². The van der Waals surface area contributed by atoms with Gasteiger partial charge in [0.25, 0.3) is 5.91 Å². The molecule has 1 aromatic rings. The SMILES string of the molecule is COCC1(CNC(=O)CNC(=O)COc2ccccc2)CCNCC1.Cl. The molecule has 1 heterocycles. The molecule has 1 saturated heterocycles. The van der Waals surface area contributed by atoms with Crippen LogP contribution < -0.4 is 20.7 Å². The Morgan fingerprint density at radius 2 is 1.81 bits per heavy atom. The molecule has 2 rings (SSSR count). The van der Waals surface area contributed by atoms with E-state index in [2.05, 4.69) is 16.0 Å². The number of para-hydroxylation sites is 1. The first-order valence-electron chi connectivity index (χ1n) is 8.54. The number of nitrogens with one attached hydrogen (secondary N) is 3. The molecule has 1 aliphatic heterocycles. The summed E-state index contributed by atoms with van der Waals surface area (Å²) in [6.45, 7) is 2.85. The van der Waals surface area contributed by atoms with E-state index in [4.69, 9.17) is 9.47 Å². The maximum absolute atomic E-state index is 12.0. The van der Waals surface area contributed by atoms with Gasteiger partial charge < -0.3 is 25.4 Å². The highest BCUT2D eigenvalue weighted by atomic mass is 35.5. The fourth-order valence-electron chi connectivity index (χ4n) is 2.88. The lowest BCUT2D eigenvalue weighted by atomic mass is 9.79. The maximum atomic E-state index is 12.0. The molecule has 1 fully saturated rings. The lowest BCUT2D eigenvalue weighted by molar-refractivity contribution is -0.127. The molecule has 8 heteroatoms. The van der Waals surface area contributed by atoms with E-state index in [0.717, 1.165) is 25.9 Å². The van der Waals surface area contributed by atoms with Gasteiger partial charge in [0, 0.05) is 19.1 Å². The van der Waals surface area contributed by atoms with Crippen molar-refractivity contribution >= 4 is 24.2 Å². The topological polar surface area (TPSA) is 88.7 Å². The monoisotopic (exact) mass is 385 g/mol. The largest absolute Gasteiger partial charge is 0.484 e. The first-order chi connectivity index (χ1) is 12.1. The quantitative estimate of drug-likeness (QED) is 0.583. The number of ether oxygens (including phenoxy) is 2. The first-order valence-corrected chi connectivity index (χ1v) is 8.54. The van der Waals surface area contributed by atoms with Crippen LogP contribution in [0.3, 0.4) is 0 Å². The maximum Gasteiger partial charge on any atom is 0.258 e. The van der Waals surface area contributed by atoms with Crippen molar-refractivity contribution < 1.29 is 19.1 Å². The number of carbonyl (C=O) groups is 2. The molecule has 3 N–H and O–H groups in total. The molecule has 0 radical (unpaired) electrons. The lowest BCUT2D eigenvalue weighted by Gasteiger charge is -2.37. The first kappa shape index (κ1) is 22.2. The van der Waals surface area contributed by atoms with Crippen molar-refractivity contribution in [2.75, 3.05) is 46.5 Å². The fraction of sp³-hybridized carbons (Fsp3) is 0.556. The normalized spacial score (nSPS) is 15.4. The van der Waals surface area contributed by atoms with Crippen LogP contribution >= 0.6 is 12.4 Å². The summed E-state index contributed by atoms with van der Waals surface area (Å²) < 4.78 is 10.7. The summed E-state index contributed by atoms with van der Waals surface area (Å²) in [5.41, 5.74) is -0.0317. The fourth-order valence-corrected chi connectivity index (χ4v) is 2.88. The number of halogens is 1. The standard InChI is InChI=1S/C18H27N3O4.ClH/c1-24-14-18(7-9-19-10-8-18)13-21-16(22)11-20-17(23)12-25-15-5-3-2-4-6-15;/h2-6,19H,7-14H2,1H3,(H,20,23)(H,21,22);1H. The van der Waals surface area contributed by atoms with Crippen molar-refractivity contribution in [1.29, 1.82) is 0 Å². The Morgan fingerprint density at radius 3 is 2.46 bits per heavy atom. The number of piperidine rings is 1. The Balaban J connectivity index is 0.00000338. The predicted octanol–water partition coefficient (Wildman–Crippen LogP) is 0.736. The van der Waals surface area contributed by atoms with E-state index in [1.54, 1.807) is 19.2 Å². The van der Waals surface area contributed by atoms with Crippen molar-refractivity contribution in [3.63, 3.8) is 0 Å². The van der Waals surface area contributed by atoms with Gasteiger partial charge in [-0.25, -0.2) is 0 Å². The van der Waals surface area contributed by atoms with Gasteiger partial charge in [-0.1, -0.05) is 18.2 Å². The van der Waals surface area contributed by atoms with Crippen molar-refractivity contribution in [3.05, 3.63) is 30.3 Å². The molecule has 0 bridgehead atoms. The highest BCUT2D eigenvalue weighted by Crippen LogP contribution is 2.28. The molecular formula is C18H28ClN3O4.